The first-order valence-corrected chi connectivity index (χ1v) is 8.91. The number of benzene rings is 1. The van der Waals surface area contributed by atoms with Gasteiger partial charge in [0.25, 0.3) is 11.8 Å². The number of para-hydroxylation sites is 1. The van der Waals surface area contributed by atoms with Crippen LogP contribution in [0.1, 0.15) is 20.3 Å². The maximum atomic E-state index is 12.4. The minimum Gasteiger partial charge on any atom is -0.351 e. The SMILES string of the molecule is CCCNC(=O)C[NH+]1CC[NH+]([C@H](C)C(=O)Nc2ccccc2)CC1. The van der Waals surface area contributed by atoms with Crippen LogP contribution in [-0.2, 0) is 9.59 Å². The predicted octanol–water partition coefficient (Wildman–Crippen LogP) is -1.68. The van der Waals surface area contributed by atoms with Crippen LogP contribution in [-0.4, -0.2) is 57.1 Å². The fraction of sp³-hybridized carbons (Fsp3) is 0.556. The molecular formula is C18H30N4O2+2. The summed E-state index contributed by atoms with van der Waals surface area (Å²) in [5, 5.41) is 5.90. The second-order valence-corrected chi connectivity index (χ2v) is 6.51. The van der Waals surface area contributed by atoms with E-state index in [1.165, 1.54) is 9.80 Å². The quantitative estimate of drug-likeness (QED) is 0.481. The van der Waals surface area contributed by atoms with Crippen molar-refractivity contribution in [3.05, 3.63) is 30.3 Å². The fourth-order valence-electron chi connectivity index (χ4n) is 3.05. The number of nitrogens with one attached hydrogen (secondary N) is 4. The van der Waals surface area contributed by atoms with Crippen molar-refractivity contribution < 1.29 is 19.4 Å². The molecule has 24 heavy (non-hydrogen) atoms. The van der Waals surface area contributed by atoms with Gasteiger partial charge in [0.05, 0.1) is 0 Å². The van der Waals surface area contributed by atoms with Crippen molar-refractivity contribution in [1.82, 2.24) is 5.32 Å². The van der Waals surface area contributed by atoms with Gasteiger partial charge in [-0.15, -0.1) is 0 Å². The summed E-state index contributed by atoms with van der Waals surface area (Å²) in [4.78, 5) is 26.8. The summed E-state index contributed by atoms with van der Waals surface area (Å²) < 4.78 is 0. The summed E-state index contributed by atoms with van der Waals surface area (Å²) in [7, 11) is 0. The molecule has 1 saturated heterocycles. The molecule has 1 aliphatic rings. The highest BCUT2D eigenvalue weighted by Gasteiger charge is 2.31. The van der Waals surface area contributed by atoms with E-state index in [0.717, 1.165) is 44.8 Å². The van der Waals surface area contributed by atoms with E-state index in [2.05, 4.69) is 17.6 Å². The molecule has 1 aliphatic heterocycles. The zero-order chi connectivity index (χ0) is 17.4. The molecule has 1 heterocycles. The van der Waals surface area contributed by atoms with Gasteiger partial charge in [-0.2, -0.15) is 0 Å². The Kier molecular flexibility index (Phi) is 7.21. The van der Waals surface area contributed by atoms with Crippen molar-refractivity contribution in [2.24, 2.45) is 0 Å². The number of anilines is 1. The van der Waals surface area contributed by atoms with Crippen molar-refractivity contribution in [3.63, 3.8) is 0 Å². The molecule has 4 N–H and O–H groups in total. The molecule has 0 bridgehead atoms. The van der Waals surface area contributed by atoms with E-state index in [4.69, 9.17) is 0 Å². The average molecular weight is 334 g/mol. The summed E-state index contributed by atoms with van der Waals surface area (Å²) in [6.07, 6.45) is 0.965. The molecule has 6 nitrogen and oxygen atoms in total. The summed E-state index contributed by atoms with van der Waals surface area (Å²) in [5.74, 6) is 0.186. The summed E-state index contributed by atoms with van der Waals surface area (Å²) in [6, 6.07) is 9.48. The largest absolute Gasteiger partial charge is 0.351 e. The fourth-order valence-corrected chi connectivity index (χ4v) is 3.05. The molecule has 1 aromatic carbocycles. The van der Waals surface area contributed by atoms with Crippen LogP contribution in [0.4, 0.5) is 5.69 Å². The Labute approximate surface area is 144 Å². The molecule has 6 heteroatoms. The zero-order valence-electron chi connectivity index (χ0n) is 14.7. The van der Waals surface area contributed by atoms with E-state index >= 15 is 0 Å². The molecule has 0 aromatic heterocycles. The van der Waals surface area contributed by atoms with Crippen LogP contribution < -0.4 is 20.4 Å². The lowest BCUT2D eigenvalue weighted by atomic mass is 10.2. The first-order chi connectivity index (χ1) is 11.6. The number of piperazine rings is 1. The number of hydrogen-bond donors (Lipinski definition) is 4. The zero-order valence-corrected chi connectivity index (χ0v) is 14.7. The van der Waals surface area contributed by atoms with E-state index in [-0.39, 0.29) is 17.9 Å². The second-order valence-electron chi connectivity index (χ2n) is 6.51. The van der Waals surface area contributed by atoms with Crippen LogP contribution in [0.25, 0.3) is 0 Å². The maximum absolute atomic E-state index is 12.4. The molecular weight excluding hydrogens is 304 g/mol. The van der Waals surface area contributed by atoms with Gasteiger partial charge in [-0.1, -0.05) is 25.1 Å². The van der Waals surface area contributed by atoms with E-state index in [1.54, 1.807) is 0 Å². The summed E-state index contributed by atoms with van der Waals surface area (Å²) in [6.45, 7) is 9.01. The molecule has 2 rings (SSSR count). The average Bonchev–Trinajstić information content (AvgIpc) is 2.61. The molecule has 1 aromatic rings. The van der Waals surface area contributed by atoms with Crippen molar-refractivity contribution in [1.29, 1.82) is 0 Å². The topological polar surface area (TPSA) is 67.1 Å². The lowest BCUT2D eigenvalue weighted by molar-refractivity contribution is -1.01. The van der Waals surface area contributed by atoms with Gasteiger partial charge in [-0.05, 0) is 25.5 Å². The minimum atomic E-state index is -0.0827. The van der Waals surface area contributed by atoms with Crippen molar-refractivity contribution >= 4 is 17.5 Å². The lowest BCUT2D eigenvalue weighted by Crippen LogP contribution is -3.30. The summed E-state index contributed by atoms with van der Waals surface area (Å²) >= 11 is 0. The van der Waals surface area contributed by atoms with Crippen LogP contribution >= 0.6 is 0 Å². The lowest BCUT2D eigenvalue weighted by Gasteiger charge is -2.32. The Morgan fingerprint density at radius 2 is 1.79 bits per heavy atom. The molecule has 2 amide bonds. The monoisotopic (exact) mass is 334 g/mol. The molecule has 0 saturated carbocycles. The van der Waals surface area contributed by atoms with Gasteiger partial charge in [0.15, 0.2) is 12.6 Å². The van der Waals surface area contributed by atoms with Gasteiger partial charge >= 0.3 is 0 Å². The summed E-state index contributed by atoms with van der Waals surface area (Å²) in [5.41, 5.74) is 0.839. The van der Waals surface area contributed by atoms with E-state index in [1.807, 2.05) is 37.3 Å². The number of quaternary nitrogens is 2. The van der Waals surface area contributed by atoms with E-state index in [9.17, 15) is 9.59 Å². The number of rotatable bonds is 7. The van der Waals surface area contributed by atoms with Gasteiger partial charge < -0.3 is 20.4 Å². The van der Waals surface area contributed by atoms with Gasteiger partial charge in [-0.25, -0.2) is 0 Å². The number of hydrogen-bond acceptors (Lipinski definition) is 2. The highest BCUT2D eigenvalue weighted by atomic mass is 16.2. The first-order valence-electron chi connectivity index (χ1n) is 8.91. The van der Waals surface area contributed by atoms with E-state index < -0.39 is 0 Å². The Balaban J connectivity index is 1.75. The predicted molar refractivity (Wildman–Crippen MR) is 94.1 cm³/mol. The molecule has 0 radical (unpaired) electrons. The van der Waals surface area contributed by atoms with Gasteiger partial charge in [0, 0.05) is 12.2 Å². The highest BCUT2D eigenvalue weighted by Crippen LogP contribution is 2.04. The van der Waals surface area contributed by atoms with Crippen molar-refractivity contribution in [3.8, 4) is 0 Å². The van der Waals surface area contributed by atoms with Gasteiger partial charge in [0.1, 0.15) is 26.2 Å². The maximum Gasteiger partial charge on any atom is 0.282 e. The number of carbonyl (C=O) groups is 2. The van der Waals surface area contributed by atoms with Crippen molar-refractivity contribution in [2.45, 2.75) is 26.3 Å². The third-order valence-corrected chi connectivity index (χ3v) is 4.63. The van der Waals surface area contributed by atoms with Crippen LogP contribution in [0, 0.1) is 0 Å². The molecule has 0 spiro atoms. The van der Waals surface area contributed by atoms with Gasteiger partial charge in [-0.3, -0.25) is 9.59 Å². The van der Waals surface area contributed by atoms with Crippen LogP contribution in [0.2, 0.25) is 0 Å². The Bertz CT molecular complexity index is 527. The highest BCUT2D eigenvalue weighted by molar-refractivity contribution is 5.93. The van der Waals surface area contributed by atoms with Crippen LogP contribution in [0.5, 0.6) is 0 Å². The molecule has 1 fully saturated rings. The molecule has 0 aliphatic carbocycles. The minimum absolute atomic E-state index is 0.0559. The number of amides is 2. The van der Waals surface area contributed by atoms with Crippen LogP contribution in [0.3, 0.4) is 0 Å². The van der Waals surface area contributed by atoms with Gasteiger partial charge in [0.2, 0.25) is 0 Å². The van der Waals surface area contributed by atoms with Crippen molar-refractivity contribution in [2.75, 3.05) is 44.6 Å². The number of carbonyl (C=O) groups excluding carboxylic acids is 2. The standard InChI is InChI=1S/C18H28N4O2/c1-3-9-19-17(23)14-21-10-12-22(13-11-21)15(2)18(24)20-16-7-5-4-6-8-16/h4-8,15H,3,9-14H2,1-2H3,(H,19,23)(H,20,24)/p+2/t15-/m1/s1. The Morgan fingerprint density at radius 1 is 1.12 bits per heavy atom. The molecule has 1 atom stereocenters. The smallest absolute Gasteiger partial charge is 0.282 e. The first kappa shape index (κ1) is 18.4. The third-order valence-electron chi connectivity index (χ3n) is 4.63. The molecule has 0 unspecified atom stereocenters. The Morgan fingerprint density at radius 3 is 2.42 bits per heavy atom. The normalized spacial score (nSPS) is 21.8. The van der Waals surface area contributed by atoms with E-state index in [0.29, 0.717) is 6.54 Å². The second kappa shape index (κ2) is 9.39. The molecule has 132 valence electrons. The Hall–Kier alpha value is -1.92. The third kappa shape index (κ3) is 5.62. The van der Waals surface area contributed by atoms with Crippen LogP contribution in [0.15, 0.2) is 30.3 Å².